The van der Waals surface area contributed by atoms with E-state index in [2.05, 4.69) is 48.9 Å². The molecule has 9 heteroatoms. The van der Waals surface area contributed by atoms with Crippen LogP contribution >= 0.6 is 0 Å². The number of piperidine rings is 1. The Labute approximate surface area is 191 Å². The summed E-state index contributed by atoms with van der Waals surface area (Å²) >= 11 is 0. The number of hydrogen-bond acceptors (Lipinski definition) is 8. The molecule has 9 nitrogen and oxygen atoms in total. The third-order valence-corrected chi connectivity index (χ3v) is 6.10. The first kappa shape index (κ1) is 20.1. The van der Waals surface area contributed by atoms with Crippen molar-refractivity contribution in [3.05, 3.63) is 60.9 Å². The molecule has 0 amide bonds. The van der Waals surface area contributed by atoms with Crippen LogP contribution in [0.2, 0.25) is 0 Å². The molecule has 0 saturated carbocycles. The molecule has 2 aliphatic rings. The SMILES string of the molecule is Cc1cc(-c2ccn3nc(Nc4cnccn4)cc3c2)c(OC2C[C@H]3COC[C@@H](C2)N3)cn1. The van der Waals surface area contributed by atoms with E-state index < -0.39 is 0 Å². The van der Waals surface area contributed by atoms with Crippen LogP contribution in [0.1, 0.15) is 18.5 Å². The van der Waals surface area contributed by atoms with E-state index in [1.54, 1.807) is 18.6 Å². The van der Waals surface area contributed by atoms with Crippen LogP contribution in [0.5, 0.6) is 5.75 Å². The second-order valence-corrected chi connectivity index (χ2v) is 8.66. The number of ether oxygens (including phenoxy) is 2. The number of aromatic nitrogens is 5. The maximum Gasteiger partial charge on any atom is 0.154 e. The number of nitrogens with zero attached hydrogens (tertiary/aromatic N) is 5. The Morgan fingerprint density at radius 3 is 2.76 bits per heavy atom. The molecule has 0 radical (unpaired) electrons. The van der Waals surface area contributed by atoms with Crippen molar-refractivity contribution < 1.29 is 9.47 Å². The lowest BCUT2D eigenvalue weighted by Gasteiger charge is -2.40. The molecule has 33 heavy (non-hydrogen) atoms. The molecule has 4 aromatic heterocycles. The van der Waals surface area contributed by atoms with Gasteiger partial charge in [-0.05, 0) is 30.7 Å². The highest BCUT2D eigenvalue weighted by Gasteiger charge is 2.33. The number of nitrogens with one attached hydrogen (secondary N) is 2. The molecule has 0 aromatic carbocycles. The Balaban J connectivity index is 1.29. The minimum absolute atomic E-state index is 0.148. The molecule has 0 spiro atoms. The fraction of sp³-hybridized carbons (Fsp3) is 0.333. The number of hydrogen-bond donors (Lipinski definition) is 2. The number of fused-ring (bicyclic) bond motifs is 3. The van der Waals surface area contributed by atoms with Gasteiger partial charge in [-0.1, -0.05) is 0 Å². The summed E-state index contributed by atoms with van der Waals surface area (Å²) in [6.07, 6.45) is 10.8. The lowest BCUT2D eigenvalue weighted by Crippen LogP contribution is -2.56. The average Bonchev–Trinajstić information content (AvgIpc) is 3.22. The van der Waals surface area contributed by atoms with E-state index in [1.807, 2.05) is 29.9 Å². The Hall–Kier alpha value is -3.56. The molecule has 3 atom stereocenters. The van der Waals surface area contributed by atoms with E-state index in [4.69, 9.17) is 9.47 Å². The zero-order chi connectivity index (χ0) is 22.2. The molecule has 6 heterocycles. The molecule has 2 bridgehead atoms. The highest BCUT2D eigenvalue weighted by molar-refractivity contribution is 5.75. The van der Waals surface area contributed by atoms with Crippen LogP contribution in [0.3, 0.4) is 0 Å². The molecule has 0 aliphatic carbocycles. The summed E-state index contributed by atoms with van der Waals surface area (Å²) in [6, 6.07) is 8.95. The van der Waals surface area contributed by atoms with Gasteiger partial charge in [0.25, 0.3) is 0 Å². The maximum absolute atomic E-state index is 6.52. The highest BCUT2D eigenvalue weighted by Crippen LogP contribution is 2.34. The van der Waals surface area contributed by atoms with Crippen LogP contribution < -0.4 is 15.4 Å². The first-order chi connectivity index (χ1) is 16.2. The first-order valence-electron chi connectivity index (χ1n) is 11.2. The van der Waals surface area contributed by atoms with E-state index in [1.165, 1.54) is 0 Å². The van der Waals surface area contributed by atoms with Crippen LogP contribution in [0, 0.1) is 6.92 Å². The third kappa shape index (κ3) is 4.24. The summed E-state index contributed by atoms with van der Waals surface area (Å²) in [6.45, 7) is 3.50. The molecule has 6 rings (SSSR count). The monoisotopic (exact) mass is 443 g/mol. The number of pyridine rings is 2. The van der Waals surface area contributed by atoms with E-state index in [9.17, 15) is 0 Å². The Morgan fingerprint density at radius 2 is 1.94 bits per heavy atom. The van der Waals surface area contributed by atoms with Gasteiger partial charge in [0.05, 0.1) is 31.1 Å². The van der Waals surface area contributed by atoms with Gasteiger partial charge in [-0.2, -0.15) is 5.10 Å². The standard InChI is InChI=1S/C24H25N7O2/c1-15-6-21(22(11-27-15)33-20-8-17-13-32-14-18(9-20)28-17)16-2-5-31-19(7-16)10-23(30-31)29-24-12-25-3-4-26-24/h2-7,10-12,17-18,20,28H,8-9,13-14H2,1H3,(H,26,29,30)/t17-,18+,20?. The normalized spacial score (nSPS) is 22.3. The van der Waals surface area contributed by atoms with Crippen molar-refractivity contribution in [2.75, 3.05) is 18.5 Å². The molecule has 2 fully saturated rings. The summed E-state index contributed by atoms with van der Waals surface area (Å²) in [5.41, 5.74) is 4.01. The van der Waals surface area contributed by atoms with Gasteiger partial charge in [-0.25, -0.2) is 9.50 Å². The van der Waals surface area contributed by atoms with Gasteiger partial charge in [-0.15, -0.1) is 0 Å². The Bertz CT molecular complexity index is 1260. The number of anilines is 2. The highest BCUT2D eigenvalue weighted by atomic mass is 16.5. The predicted octanol–water partition coefficient (Wildman–Crippen LogP) is 3.14. The van der Waals surface area contributed by atoms with Crippen LogP contribution in [-0.2, 0) is 4.74 Å². The molecule has 2 aliphatic heterocycles. The summed E-state index contributed by atoms with van der Waals surface area (Å²) in [5, 5.41) is 11.4. The quantitative estimate of drug-likeness (QED) is 0.485. The van der Waals surface area contributed by atoms with Gasteiger partial charge in [0.2, 0.25) is 0 Å². The smallest absolute Gasteiger partial charge is 0.154 e. The van der Waals surface area contributed by atoms with Gasteiger partial charge >= 0.3 is 0 Å². The van der Waals surface area contributed by atoms with Gasteiger partial charge in [0.1, 0.15) is 17.7 Å². The van der Waals surface area contributed by atoms with E-state index in [0.717, 1.165) is 54.1 Å². The lowest BCUT2D eigenvalue weighted by atomic mass is 9.94. The zero-order valence-corrected chi connectivity index (χ0v) is 18.3. The van der Waals surface area contributed by atoms with Gasteiger partial charge in [0.15, 0.2) is 5.82 Å². The molecular formula is C24H25N7O2. The van der Waals surface area contributed by atoms with Crippen molar-refractivity contribution in [1.29, 1.82) is 0 Å². The van der Waals surface area contributed by atoms with Crippen molar-refractivity contribution in [3.8, 4) is 16.9 Å². The van der Waals surface area contributed by atoms with Gasteiger partial charge in [-0.3, -0.25) is 9.97 Å². The largest absolute Gasteiger partial charge is 0.488 e. The van der Waals surface area contributed by atoms with Gasteiger partial charge < -0.3 is 20.1 Å². The minimum atomic E-state index is 0.148. The zero-order valence-electron chi connectivity index (χ0n) is 18.3. The number of rotatable bonds is 5. The third-order valence-electron chi connectivity index (χ3n) is 6.10. The van der Waals surface area contributed by atoms with Crippen LogP contribution in [0.4, 0.5) is 11.6 Å². The van der Waals surface area contributed by atoms with Crippen LogP contribution in [0.15, 0.2) is 55.2 Å². The Kier molecular flexibility index (Phi) is 5.12. The van der Waals surface area contributed by atoms with E-state index in [0.29, 0.717) is 23.7 Å². The van der Waals surface area contributed by atoms with Crippen LogP contribution in [0.25, 0.3) is 16.6 Å². The first-order valence-corrected chi connectivity index (χ1v) is 11.2. The summed E-state index contributed by atoms with van der Waals surface area (Å²) in [4.78, 5) is 12.8. The van der Waals surface area contributed by atoms with Crippen molar-refractivity contribution in [1.82, 2.24) is 29.9 Å². The molecule has 2 N–H and O–H groups in total. The molecule has 4 aromatic rings. The van der Waals surface area contributed by atoms with Crippen molar-refractivity contribution >= 4 is 17.2 Å². The molecule has 2 saturated heterocycles. The fourth-order valence-electron chi connectivity index (χ4n) is 4.65. The second kappa shape index (κ2) is 8.42. The van der Waals surface area contributed by atoms with Crippen molar-refractivity contribution in [2.45, 2.75) is 38.0 Å². The summed E-state index contributed by atoms with van der Waals surface area (Å²) in [7, 11) is 0. The lowest BCUT2D eigenvalue weighted by molar-refractivity contribution is -0.0122. The predicted molar refractivity (Wildman–Crippen MR) is 124 cm³/mol. The fourth-order valence-corrected chi connectivity index (χ4v) is 4.65. The minimum Gasteiger partial charge on any atom is -0.488 e. The number of aryl methyl sites for hydroxylation is 1. The molecule has 168 valence electrons. The van der Waals surface area contributed by atoms with Crippen molar-refractivity contribution in [2.24, 2.45) is 0 Å². The summed E-state index contributed by atoms with van der Waals surface area (Å²) in [5.74, 6) is 2.17. The average molecular weight is 444 g/mol. The molecular weight excluding hydrogens is 418 g/mol. The second-order valence-electron chi connectivity index (χ2n) is 8.66. The molecule has 1 unspecified atom stereocenters. The number of morpholine rings is 1. The summed E-state index contributed by atoms with van der Waals surface area (Å²) < 4.78 is 14.0. The van der Waals surface area contributed by atoms with Gasteiger partial charge in [0, 0.05) is 60.8 Å². The van der Waals surface area contributed by atoms with E-state index >= 15 is 0 Å². The van der Waals surface area contributed by atoms with Crippen molar-refractivity contribution in [3.63, 3.8) is 0 Å². The van der Waals surface area contributed by atoms with Crippen LogP contribution in [-0.4, -0.2) is 56.0 Å². The maximum atomic E-state index is 6.52. The Morgan fingerprint density at radius 1 is 1.06 bits per heavy atom. The van der Waals surface area contributed by atoms with E-state index in [-0.39, 0.29) is 6.10 Å². The topological polar surface area (TPSA) is 98.5 Å².